The largest absolute Gasteiger partial charge is 0.465 e. The Kier molecular flexibility index (Phi) is 4.29. The summed E-state index contributed by atoms with van der Waals surface area (Å²) in [6.07, 6.45) is 0. The Balaban J connectivity index is 2.20. The Morgan fingerprint density at radius 3 is 2.89 bits per heavy atom. The van der Waals surface area contributed by atoms with Gasteiger partial charge in [0.2, 0.25) is 0 Å². The van der Waals surface area contributed by atoms with Gasteiger partial charge in [-0.2, -0.15) is 0 Å². The lowest BCUT2D eigenvalue weighted by Crippen LogP contribution is -2.08. The van der Waals surface area contributed by atoms with E-state index >= 15 is 0 Å². The maximum Gasteiger partial charge on any atom is 0.340 e. The predicted octanol–water partition coefficient (Wildman–Crippen LogP) is 3.38. The number of methoxy groups -OCH3 is 1. The molecule has 19 heavy (non-hydrogen) atoms. The second-order valence-electron chi connectivity index (χ2n) is 3.83. The molecule has 4 nitrogen and oxygen atoms in total. The molecule has 0 saturated heterocycles. The molecule has 0 spiro atoms. The molecule has 0 bridgehead atoms. The van der Waals surface area contributed by atoms with Gasteiger partial charge in [-0.3, -0.25) is 0 Å². The molecule has 1 aromatic carbocycles. The van der Waals surface area contributed by atoms with Crippen LogP contribution in [0.25, 0.3) is 0 Å². The van der Waals surface area contributed by atoms with Gasteiger partial charge in [-0.1, -0.05) is 11.6 Å². The normalized spacial score (nSPS) is 10.2. The monoisotopic (exact) mass is 296 g/mol. The number of ether oxygens (including phenoxy) is 1. The summed E-state index contributed by atoms with van der Waals surface area (Å²) < 4.78 is 4.73. The molecule has 2 rings (SSSR count). The number of nitrogens with two attached hydrogens (primary N) is 1. The average Bonchev–Trinajstić information content (AvgIpc) is 2.82. The van der Waals surface area contributed by atoms with Crippen LogP contribution in [0.15, 0.2) is 29.6 Å². The molecule has 0 atom stereocenters. The van der Waals surface area contributed by atoms with Crippen molar-refractivity contribution < 1.29 is 9.53 Å². The van der Waals surface area contributed by atoms with Crippen molar-refractivity contribution in [1.82, 2.24) is 0 Å². The minimum atomic E-state index is -0.427. The standard InChI is InChI=1S/C13H13ClN2O2S/c1-18-13(17)9-6-8(14)2-3-11(9)16-7-12-10(15)4-5-19-12/h2-6,16H,7,15H2,1H3. The van der Waals surface area contributed by atoms with Crippen molar-refractivity contribution in [2.75, 3.05) is 18.2 Å². The third-order valence-corrected chi connectivity index (χ3v) is 3.78. The van der Waals surface area contributed by atoms with Crippen molar-refractivity contribution in [1.29, 1.82) is 0 Å². The van der Waals surface area contributed by atoms with Crippen LogP contribution in [-0.4, -0.2) is 13.1 Å². The Bertz CT molecular complexity index is 598. The summed E-state index contributed by atoms with van der Waals surface area (Å²) in [5.41, 5.74) is 7.63. The van der Waals surface area contributed by atoms with Gasteiger partial charge in [0.25, 0.3) is 0 Å². The van der Waals surface area contributed by atoms with Gasteiger partial charge >= 0.3 is 5.97 Å². The molecule has 0 saturated carbocycles. The number of nitrogens with one attached hydrogen (secondary N) is 1. The molecular weight excluding hydrogens is 284 g/mol. The molecule has 3 N–H and O–H groups in total. The van der Waals surface area contributed by atoms with E-state index in [9.17, 15) is 4.79 Å². The van der Waals surface area contributed by atoms with E-state index in [4.69, 9.17) is 22.1 Å². The molecule has 0 unspecified atom stereocenters. The minimum absolute atomic E-state index is 0.408. The topological polar surface area (TPSA) is 64.3 Å². The van der Waals surface area contributed by atoms with Crippen molar-refractivity contribution >= 4 is 40.3 Å². The fourth-order valence-corrected chi connectivity index (χ4v) is 2.53. The first kappa shape index (κ1) is 13.7. The summed E-state index contributed by atoms with van der Waals surface area (Å²) >= 11 is 7.45. The predicted molar refractivity (Wildman–Crippen MR) is 78.8 cm³/mol. The van der Waals surface area contributed by atoms with Gasteiger partial charge in [0.15, 0.2) is 0 Å². The summed E-state index contributed by atoms with van der Waals surface area (Å²) in [5, 5.41) is 5.58. The van der Waals surface area contributed by atoms with Crippen LogP contribution in [0.1, 0.15) is 15.2 Å². The number of halogens is 1. The number of carbonyl (C=O) groups is 1. The van der Waals surface area contributed by atoms with Gasteiger partial charge in [-0.15, -0.1) is 11.3 Å². The lowest BCUT2D eigenvalue weighted by atomic mass is 10.1. The summed E-state index contributed by atoms with van der Waals surface area (Å²) in [6.45, 7) is 0.551. The fourth-order valence-electron chi connectivity index (χ4n) is 1.62. The molecule has 0 fully saturated rings. The molecule has 0 aliphatic carbocycles. The highest BCUT2D eigenvalue weighted by Gasteiger charge is 2.12. The Labute approximate surface area is 120 Å². The van der Waals surface area contributed by atoms with E-state index in [1.165, 1.54) is 7.11 Å². The van der Waals surface area contributed by atoms with Gasteiger partial charge in [-0.25, -0.2) is 4.79 Å². The van der Waals surface area contributed by atoms with E-state index in [1.54, 1.807) is 29.5 Å². The minimum Gasteiger partial charge on any atom is -0.465 e. The van der Waals surface area contributed by atoms with Crippen molar-refractivity contribution in [3.05, 3.63) is 45.1 Å². The molecule has 1 aromatic heterocycles. The van der Waals surface area contributed by atoms with Gasteiger partial charge in [-0.05, 0) is 29.6 Å². The van der Waals surface area contributed by atoms with Crippen molar-refractivity contribution in [3.8, 4) is 0 Å². The average molecular weight is 297 g/mol. The Hall–Kier alpha value is -1.72. The molecule has 0 amide bonds. The van der Waals surface area contributed by atoms with Gasteiger partial charge < -0.3 is 15.8 Å². The van der Waals surface area contributed by atoms with E-state index < -0.39 is 5.97 Å². The maximum atomic E-state index is 11.7. The number of rotatable bonds is 4. The van der Waals surface area contributed by atoms with E-state index in [2.05, 4.69) is 5.32 Å². The highest BCUT2D eigenvalue weighted by Crippen LogP contribution is 2.24. The van der Waals surface area contributed by atoms with Crippen molar-refractivity contribution in [2.24, 2.45) is 0 Å². The Morgan fingerprint density at radius 2 is 2.26 bits per heavy atom. The van der Waals surface area contributed by atoms with Crippen LogP contribution < -0.4 is 11.1 Å². The molecule has 6 heteroatoms. The first-order valence-electron chi connectivity index (χ1n) is 5.55. The van der Waals surface area contributed by atoms with Crippen LogP contribution in [-0.2, 0) is 11.3 Å². The Morgan fingerprint density at radius 1 is 1.47 bits per heavy atom. The van der Waals surface area contributed by atoms with E-state index in [0.29, 0.717) is 22.8 Å². The van der Waals surface area contributed by atoms with Crippen LogP contribution >= 0.6 is 22.9 Å². The SMILES string of the molecule is COC(=O)c1cc(Cl)ccc1NCc1sccc1N. The van der Waals surface area contributed by atoms with E-state index in [-0.39, 0.29) is 0 Å². The zero-order valence-electron chi connectivity index (χ0n) is 10.3. The second-order valence-corrected chi connectivity index (χ2v) is 5.27. The van der Waals surface area contributed by atoms with Crippen LogP contribution in [0, 0.1) is 0 Å². The van der Waals surface area contributed by atoms with Crippen LogP contribution in [0.3, 0.4) is 0 Å². The molecule has 100 valence electrons. The number of esters is 1. The summed E-state index contributed by atoms with van der Waals surface area (Å²) in [7, 11) is 1.34. The molecule has 0 aliphatic heterocycles. The first-order chi connectivity index (χ1) is 9.11. The number of carbonyl (C=O) groups excluding carboxylic acids is 1. The van der Waals surface area contributed by atoms with Gasteiger partial charge in [0, 0.05) is 21.3 Å². The lowest BCUT2D eigenvalue weighted by molar-refractivity contribution is 0.0602. The fraction of sp³-hybridized carbons (Fsp3) is 0.154. The number of anilines is 2. The number of hydrogen-bond donors (Lipinski definition) is 2. The van der Waals surface area contributed by atoms with Crippen LogP contribution in [0.2, 0.25) is 5.02 Å². The smallest absolute Gasteiger partial charge is 0.340 e. The second kappa shape index (κ2) is 5.95. The summed E-state index contributed by atoms with van der Waals surface area (Å²) in [5.74, 6) is -0.427. The van der Waals surface area contributed by atoms with Gasteiger partial charge in [0.1, 0.15) is 0 Å². The number of hydrogen-bond acceptors (Lipinski definition) is 5. The first-order valence-corrected chi connectivity index (χ1v) is 6.81. The highest BCUT2D eigenvalue weighted by molar-refractivity contribution is 7.10. The van der Waals surface area contributed by atoms with E-state index in [0.717, 1.165) is 10.6 Å². The lowest BCUT2D eigenvalue weighted by Gasteiger charge is -2.10. The van der Waals surface area contributed by atoms with Crippen molar-refractivity contribution in [2.45, 2.75) is 6.54 Å². The molecular formula is C13H13ClN2O2S. The highest BCUT2D eigenvalue weighted by atomic mass is 35.5. The molecule has 0 aliphatic rings. The van der Waals surface area contributed by atoms with E-state index in [1.807, 2.05) is 11.4 Å². The number of thiophene rings is 1. The number of nitrogen functional groups attached to an aromatic ring is 1. The third kappa shape index (κ3) is 3.19. The molecule has 2 aromatic rings. The molecule has 0 radical (unpaired) electrons. The van der Waals surface area contributed by atoms with Crippen LogP contribution in [0.5, 0.6) is 0 Å². The summed E-state index contributed by atoms with van der Waals surface area (Å²) in [4.78, 5) is 12.7. The molecule has 1 heterocycles. The summed E-state index contributed by atoms with van der Waals surface area (Å²) in [6, 6.07) is 6.89. The van der Waals surface area contributed by atoms with Crippen molar-refractivity contribution in [3.63, 3.8) is 0 Å². The van der Waals surface area contributed by atoms with Crippen LogP contribution in [0.4, 0.5) is 11.4 Å². The van der Waals surface area contributed by atoms with Gasteiger partial charge in [0.05, 0.1) is 19.2 Å². The maximum absolute atomic E-state index is 11.7. The third-order valence-electron chi connectivity index (χ3n) is 2.61. The zero-order chi connectivity index (χ0) is 13.8. The zero-order valence-corrected chi connectivity index (χ0v) is 11.8. The number of benzene rings is 1. The quantitative estimate of drug-likeness (QED) is 0.849.